The van der Waals surface area contributed by atoms with Gasteiger partial charge >= 0.3 is 0 Å². The van der Waals surface area contributed by atoms with Crippen LogP contribution in [0.5, 0.6) is 0 Å². The van der Waals surface area contributed by atoms with Gasteiger partial charge in [0.1, 0.15) is 6.04 Å². The third-order valence-electron chi connectivity index (χ3n) is 5.48. The number of amides is 3. The lowest BCUT2D eigenvalue weighted by molar-refractivity contribution is -0.140. The predicted molar refractivity (Wildman–Crippen MR) is 121 cm³/mol. The molecule has 3 amide bonds. The first-order valence-corrected chi connectivity index (χ1v) is 11.8. The number of nitrogens with one attached hydrogen (secondary N) is 2. The SMILES string of the molecule is CCCCN(C(=O)CNC(=O)c1cccs1)C(C(=O)NC1CCCC1)c1cccnc1. The Morgan fingerprint density at radius 2 is 2.03 bits per heavy atom. The molecule has 1 aliphatic carbocycles. The van der Waals surface area contributed by atoms with E-state index in [1.54, 1.807) is 35.5 Å². The number of rotatable bonds is 10. The average molecular weight is 443 g/mol. The first kappa shape index (κ1) is 22.9. The van der Waals surface area contributed by atoms with Crippen molar-refractivity contribution in [2.75, 3.05) is 13.1 Å². The number of carbonyl (C=O) groups excluding carboxylic acids is 3. The van der Waals surface area contributed by atoms with Crippen LogP contribution in [0.25, 0.3) is 0 Å². The molecule has 1 aliphatic rings. The Balaban J connectivity index is 1.78. The second-order valence-corrected chi connectivity index (χ2v) is 8.73. The zero-order valence-electron chi connectivity index (χ0n) is 17.9. The van der Waals surface area contributed by atoms with E-state index in [1.165, 1.54) is 11.3 Å². The minimum absolute atomic E-state index is 0.147. The molecule has 3 rings (SSSR count). The zero-order valence-corrected chi connectivity index (χ0v) is 18.7. The molecule has 0 aliphatic heterocycles. The molecule has 166 valence electrons. The fraction of sp³-hybridized carbons (Fsp3) is 0.478. The van der Waals surface area contributed by atoms with E-state index in [-0.39, 0.29) is 30.3 Å². The van der Waals surface area contributed by atoms with Crippen molar-refractivity contribution in [1.29, 1.82) is 0 Å². The van der Waals surface area contributed by atoms with Gasteiger partial charge in [-0.15, -0.1) is 11.3 Å². The summed E-state index contributed by atoms with van der Waals surface area (Å²) in [6.07, 6.45) is 9.07. The maximum absolute atomic E-state index is 13.3. The Morgan fingerprint density at radius 3 is 2.68 bits per heavy atom. The van der Waals surface area contributed by atoms with Crippen molar-refractivity contribution in [2.24, 2.45) is 0 Å². The van der Waals surface area contributed by atoms with Crippen molar-refractivity contribution >= 4 is 29.1 Å². The Hall–Kier alpha value is -2.74. The summed E-state index contributed by atoms with van der Waals surface area (Å²) in [6.45, 7) is 2.31. The van der Waals surface area contributed by atoms with Gasteiger partial charge in [0.05, 0.1) is 11.4 Å². The molecule has 2 aromatic rings. The topological polar surface area (TPSA) is 91.4 Å². The Morgan fingerprint density at radius 1 is 1.23 bits per heavy atom. The van der Waals surface area contributed by atoms with Crippen LogP contribution in [0.15, 0.2) is 42.0 Å². The molecule has 1 atom stereocenters. The lowest BCUT2D eigenvalue weighted by Gasteiger charge is -2.32. The number of carbonyl (C=O) groups is 3. The van der Waals surface area contributed by atoms with E-state index in [1.807, 2.05) is 18.4 Å². The quantitative estimate of drug-likeness (QED) is 0.591. The number of nitrogens with zero attached hydrogens (tertiary/aromatic N) is 2. The van der Waals surface area contributed by atoms with Gasteiger partial charge in [-0.25, -0.2) is 0 Å². The largest absolute Gasteiger partial charge is 0.351 e. The number of aromatic nitrogens is 1. The third-order valence-corrected chi connectivity index (χ3v) is 6.35. The van der Waals surface area contributed by atoms with Crippen LogP contribution in [-0.2, 0) is 9.59 Å². The standard InChI is InChI=1S/C23H30N4O3S/c1-2-3-13-27(20(28)16-25-22(29)19-11-7-14-31-19)21(17-8-6-12-24-15-17)23(30)26-18-9-4-5-10-18/h6-8,11-12,14-15,18,21H,2-5,9-10,13,16H2,1H3,(H,25,29)(H,26,30). The van der Waals surface area contributed by atoms with Gasteiger partial charge in [-0.1, -0.05) is 38.3 Å². The molecule has 0 bridgehead atoms. The van der Waals surface area contributed by atoms with Crippen molar-refractivity contribution < 1.29 is 14.4 Å². The van der Waals surface area contributed by atoms with Crippen molar-refractivity contribution in [1.82, 2.24) is 20.5 Å². The second kappa shape index (κ2) is 11.6. The minimum Gasteiger partial charge on any atom is -0.351 e. The molecular formula is C23H30N4O3S. The van der Waals surface area contributed by atoms with Gasteiger partial charge in [0, 0.05) is 30.5 Å². The summed E-state index contributed by atoms with van der Waals surface area (Å²) in [7, 11) is 0. The summed E-state index contributed by atoms with van der Waals surface area (Å²) in [5.74, 6) is -0.755. The lowest BCUT2D eigenvalue weighted by atomic mass is 10.0. The van der Waals surface area contributed by atoms with Gasteiger partial charge in [-0.3, -0.25) is 19.4 Å². The average Bonchev–Trinajstić information content (AvgIpc) is 3.49. The fourth-order valence-electron chi connectivity index (χ4n) is 3.84. The van der Waals surface area contributed by atoms with Crippen LogP contribution in [0.4, 0.5) is 0 Å². The molecule has 8 heteroatoms. The summed E-state index contributed by atoms with van der Waals surface area (Å²) in [5, 5.41) is 7.64. The van der Waals surface area contributed by atoms with Crippen molar-refractivity contribution in [3.8, 4) is 0 Å². The Labute approximate surface area is 187 Å². The molecule has 1 saturated carbocycles. The summed E-state index contributed by atoms with van der Waals surface area (Å²) in [5.41, 5.74) is 0.673. The second-order valence-electron chi connectivity index (χ2n) is 7.78. The molecule has 0 spiro atoms. The van der Waals surface area contributed by atoms with Crippen molar-refractivity contribution in [3.63, 3.8) is 0 Å². The van der Waals surface area contributed by atoms with Gasteiger partial charge < -0.3 is 15.5 Å². The number of unbranched alkanes of at least 4 members (excludes halogenated alkanes) is 1. The molecule has 0 saturated heterocycles. The first-order chi connectivity index (χ1) is 15.1. The Bertz CT molecular complexity index is 851. The summed E-state index contributed by atoms with van der Waals surface area (Å²) in [4.78, 5) is 45.1. The molecule has 0 aromatic carbocycles. The molecular weight excluding hydrogens is 412 g/mol. The molecule has 1 unspecified atom stereocenters. The first-order valence-electron chi connectivity index (χ1n) is 10.9. The number of pyridine rings is 1. The van der Waals surface area contributed by atoms with E-state index in [0.29, 0.717) is 17.0 Å². The number of thiophene rings is 1. The maximum Gasteiger partial charge on any atom is 0.261 e. The summed E-state index contributed by atoms with van der Waals surface area (Å²) >= 11 is 1.32. The van der Waals surface area contributed by atoms with Crippen LogP contribution in [-0.4, -0.2) is 46.7 Å². The highest BCUT2D eigenvalue weighted by Crippen LogP contribution is 2.24. The highest BCUT2D eigenvalue weighted by Gasteiger charge is 2.33. The van der Waals surface area contributed by atoms with E-state index in [4.69, 9.17) is 0 Å². The minimum atomic E-state index is -0.771. The van der Waals surface area contributed by atoms with Gasteiger partial charge in [0.25, 0.3) is 5.91 Å². The number of hydrogen-bond acceptors (Lipinski definition) is 5. The summed E-state index contributed by atoms with van der Waals surface area (Å²) < 4.78 is 0. The summed E-state index contributed by atoms with van der Waals surface area (Å²) in [6, 6.07) is 6.47. The normalized spacial score (nSPS) is 14.7. The zero-order chi connectivity index (χ0) is 22.1. The lowest BCUT2D eigenvalue weighted by Crippen LogP contribution is -2.49. The van der Waals surface area contributed by atoms with E-state index >= 15 is 0 Å². The smallest absolute Gasteiger partial charge is 0.261 e. The Kier molecular flexibility index (Phi) is 8.58. The van der Waals surface area contributed by atoms with Crippen LogP contribution >= 0.6 is 11.3 Å². The van der Waals surface area contributed by atoms with Crippen LogP contribution < -0.4 is 10.6 Å². The fourth-order valence-corrected chi connectivity index (χ4v) is 4.48. The highest BCUT2D eigenvalue weighted by atomic mass is 32.1. The van der Waals surface area contributed by atoms with Crippen molar-refractivity contribution in [3.05, 3.63) is 52.5 Å². The van der Waals surface area contributed by atoms with Crippen LogP contribution in [0.2, 0.25) is 0 Å². The molecule has 1 fully saturated rings. The van der Waals surface area contributed by atoms with E-state index in [2.05, 4.69) is 15.6 Å². The molecule has 31 heavy (non-hydrogen) atoms. The maximum atomic E-state index is 13.3. The highest BCUT2D eigenvalue weighted by molar-refractivity contribution is 7.12. The predicted octanol–water partition coefficient (Wildman–Crippen LogP) is 3.30. The van der Waals surface area contributed by atoms with Gasteiger partial charge in [-0.2, -0.15) is 0 Å². The molecule has 7 nitrogen and oxygen atoms in total. The molecule has 0 radical (unpaired) electrons. The van der Waals surface area contributed by atoms with E-state index < -0.39 is 6.04 Å². The van der Waals surface area contributed by atoms with E-state index in [9.17, 15) is 14.4 Å². The van der Waals surface area contributed by atoms with Gasteiger partial charge in [0.2, 0.25) is 11.8 Å². The van der Waals surface area contributed by atoms with Crippen molar-refractivity contribution in [2.45, 2.75) is 57.5 Å². The van der Waals surface area contributed by atoms with Crippen LogP contribution in [0.1, 0.15) is 66.7 Å². The van der Waals surface area contributed by atoms with Crippen LogP contribution in [0.3, 0.4) is 0 Å². The molecule has 2 N–H and O–H groups in total. The number of hydrogen-bond donors (Lipinski definition) is 2. The third kappa shape index (κ3) is 6.37. The van der Waals surface area contributed by atoms with E-state index in [0.717, 1.165) is 38.5 Å². The molecule has 2 aromatic heterocycles. The molecule has 2 heterocycles. The van der Waals surface area contributed by atoms with Gasteiger partial charge in [0.15, 0.2) is 0 Å². The van der Waals surface area contributed by atoms with Gasteiger partial charge in [-0.05, 0) is 36.8 Å². The monoisotopic (exact) mass is 442 g/mol. The van der Waals surface area contributed by atoms with Crippen LogP contribution in [0, 0.1) is 0 Å².